The highest BCUT2D eigenvalue weighted by Gasteiger charge is 2.47. The van der Waals surface area contributed by atoms with Crippen LogP contribution < -0.4 is 10.2 Å². The molecular weight excluding hydrogens is 405 g/mol. The molecular formula is C24H31F3N2O2. The Labute approximate surface area is 181 Å². The summed E-state index contributed by atoms with van der Waals surface area (Å²) in [6, 6.07) is 8.40. The van der Waals surface area contributed by atoms with E-state index in [-0.39, 0.29) is 18.5 Å². The molecule has 0 spiro atoms. The van der Waals surface area contributed by atoms with Gasteiger partial charge in [0.2, 0.25) is 5.91 Å². The first-order valence-corrected chi connectivity index (χ1v) is 11.2. The summed E-state index contributed by atoms with van der Waals surface area (Å²) in [6.45, 7) is 2.68. The number of carbonyl (C=O) groups excluding carboxylic acids is 1. The zero-order valence-electron chi connectivity index (χ0n) is 18.0. The standard InChI is InChI=1S/C24H31F3N2O2/c1-2-3-4-5-6-7-10-15-31-21-17-19(16-18-11-8-9-12-20(18)21)23(24(25,26)27)29-14-13-22(30)28-29/h8-9,11-12,16-17,23H,2-7,10,13-15H2,1H3,(H,28,30). The molecule has 31 heavy (non-hydrogen) atoms. The Bertz CT molecular complexity index is 870. The van der Waals surface area contributed by atoms with Gasteiger partial charge < -0.3 is 4.74 Å². The first kappa shape index (κ1) is 23.4. The monoisotopic (exact) mass is 436 g/mol. The van der Waals surface area contributed by atoms with E-state index in [2.05, 4.69) is 12.3 Å². The van der Waals surface area contributed by atoms with Crippen LogP contribution in [0, 0.1) is 0 Å². The smallest absolute Gasteiger partial charge is 0.409 e. The van der Waals surface area contributed by atoms with Crippen molar-refractivity contribution >= 4 is 16.7 Å². The van der Waals surface area contributed by atoms with E-state index in [9.17, 15) is 18.0 Å². The van der Waals surface area contributed by atoms with Crippen LogP contribution in [0.5, 0.6) is 5.75 Å². The second-order valence-corrected chi connectivity index (χ2v) is 8.13. The summed E-state index contributed by atoms with van der Waals surface area (Å²) in [5.41, 5.74) is 2.41. The van der Waals surface area contributed by atoms with Gasteiger partial charge in [-0.3, -0.25) is 10.2 Å². The molecule has 3 rings (SSSR count). The third-order valence-electron chi connectivity index (χ3n) is 5.64. The number of amides is 1. The van der Waals surface area contributed by atoms with E-state index in [1.165, 1.54) is 31.7 Å². The van der Waals surface area contributed by atoms with Gasteiger partial charge in [-0.1, -0.05) is 69.7 Å². The van der Waals surface area contributed by atoms with Gasteiger partial charge in [0.1, 0.15) is 11.8 Å². The van der Waals surface area contributed by atoms with Crippen molar-refractivity contribution in [1.82, 2.24) is 10.4 Å². The van der Waals surface area contributed by atoms with Gasteiger partial charge in [0, 0.05) is 18.4 Å². The molecule has 2 aromatic rings. The van der Waals surface area contributed by atoms with Crippen LogP contribution in [0.2, 0.25) is 0 Å². The second kappa shape index (κ2) is 10.8. The molecule has 4 nitrogen and oxygen atoms in total. The van der Waals surface area contributed by atoms with Gasteiger partial charge in [0.25, 0.3) is 0 Å². The third kappa shape index (κ3) is 6.35. The largest absolute Gasteiger partial charge is 0.493 e. The minimum atomic E-state index is -4.53. The van der Waals surface area contributed by atoms with Crippen LogP contribution in [0.25, 0.3) is 10.8 Å². The Kier molecular flexibility index (Phi) is 8.18. The fraction of sp³-hybridized carbons (Fsp3) is 0.542. The minimum Gasteiger partial charge on any atom is -0.493 e. The number of hydrogen-bond acceptors (Lipinski definition) is 3. The SMILES string of the molecule is CCCCCCCCCOc1cc(C(N2CCC(=O)N2)C(F)(F)F)cc2ccccc12. The Morgan fingerprint density at radius 2 is 1.77 bits per heavy atom. The molecule has 0 bridgehead atoms. The fourth-order valence-corrected chi connectivity index (χ4v) is 4.05. The van der Waals surface area contributed by atoms with Crippen molar-refractivity contribution in [2.45, 2.75) is 70.5 Å². The van der Waals surface area contributed by atoms with Crippen LogP contribution in [0.1, 0.15) is 69.9 Å². The lowest BCUT2D eigenvalue weighted by atomic mass is 10.00. The average Bonchev–Trinajstić information content (AvgIpc) is 3.14. The van der Waals surface area contributed by atoms with Crippen LogP contribution in [-0.2, 0) is 4.79 Å². The Balaban J connectivity index is 1.76. The maximum atomic E-state index is 14.0. The lowest BCUT2D eigenvalue weighted by molar-refractivity contribution is -0.191. The number of alkyl halides is 3. The Morgan fingerprint density at radius 1 is 1.06 bits per heavy atom. The van der Waals surface area contributed by atoms with Gasteiger partial charge >= 0.3 is 6.18 Å². The van der Waals surface area contributed by atoms with E-state index in [1.807, 2.05) is 12.1 Å². The van der Waals surface area contributed by atoms with Crippen molar-refractivity contribution in [3.05, 3.63) is 42.0 Å². The van der Waals surface area contributed by atoms with Crippen molar-refractivity contribution in [2.24, 2.45) is 0 Å². The minimum absolute atomic E-state index is 0.0179. The first-order valence-electron chi connectivity index (χ1n) is 11.2. The number of hydrogen-bond donors (Lipinski definition) is 1. The van der Waals surface area contributed by atoms with Gasteiger partial charge in [-0.2, -0.15) is 13.2 Å². The average molecular weight is 437 g/mol. The predicted molar refractivity (Wildman–Crippen MR) is 116 cm³/mol. The first-order chi connectivity index (χ1) is 14.9. The summed E-state index contributed by atoms with van der Waals surface area (Å²) in [5, 5.41) is 2.46. The van der Waals surface area contributed by atoms with Gasteiger partial charge in [0.15, 0.2) is 0 Å². The van der Waals surface area contributed by atoms with Crippen molar-refractivity contribution in [3.63, 3.8) is 0 Å². The summed E-state index contributed by atoms with van der Waals surface area (Å²) >= 11 is 0. The molecule has 2 aromatic carbocycles. The van der Waals surface area contributed by atoms with E-state index in [0.717, 1.165) is 29.7 Å². The number of rotatable bonds is 11. The molecule has 0 aliphatic carbocycles. The van der Waals surface area contributed by atoms with Gasteiger partial charge in [0.05, 0.1) is 6.61 Å². The highest BCUT2D eigenvalue weighted by molar-refractivity contribution is 5.89. The van der Waals surface area contributed by atoms with Crippen LogP contribution in [0.15, 0.2) is 36.4 Å². The molecule has 1 aliphatic rings. The van der Waals surface area contributed by atoms with E-state index in [0.29, 0.717) is 17.7 Å². The number of nitrogens with zero attached hydrogens (tertiary/aromatic N) is 1. The topological polar surface area (TPSA) is 41.6 Å². The predicted octanol–water partition coefficient (Wildman–Crippen LogP) is 6.31. The molecule has 1 aliphatic heterocycles. The normalized spacial score (nSPS) is 15.9. The molecule has 170 valence electrons. The van der Waals surface area contributed by atoms with Gasteiger partial charge in [-0.05, 0) is 29.5 Å². The number of carbonyl (C=O) groups is 1. The zero-order valence-corrected chi connectivity index (χ0v) is 18.0. The molecule has 0 saturated carbocycles. The number of fused-ring (bicyclic) bond motifs is 1. The molecule has 1 unspecified atom stereocenters. The molecule has 1 saturated heterocycles. The van der Waals surface area contributed by atoms with Crippen molar-refractivity contribution in [3.8, 4) is 5.75 Å². The lowest BCUT2D eigenvalue weighted by Gasteiger charge is -2.29. The summed E-state index contributed by atoms with van der Waals surface area (Å²) < 4.78 is 47.8. The fourth-order valence-electron chi connectivity index (χ4n) is 4.05. The third-order valence-corrected chi connectivity index (χ3v) is 5.64. The van der Waals surface area contributed by atoms with E-state index in [1.54, 1.807) is 18.2 Å². The maximum Gasteiger partial charge on any atom is 0.409 e. The summed E-state index contributed by atoms with van der Waals surface area (Å²) in [6.07, 6.45) is 3.52. The van der Waals surface area contributed by atoms with Crippen LogP contribution in [0.3, 0.4) is 0 Å². The number of benzene rings is 2. The Morgan fingerprint density at radius 3 is 2.45 bits per heavy atom. The highest BCUT2D eigenvalue weighted by atomic mass is 19.4. The maximum absolute atomic E-state index is 14.0. The number of hydrazine groups is 1. The van der Waals surface area contributed by atoms with Gasteiger partial charge in [-0.15, -0.1) is 0 Å². The van der Waals surface area contributed by atoms with E-state index < -0.39 is 18.1 Å². The molecule has 1 atom stereocenters. The number of nitrogens with one attached hydrogen (secondary N) is 1. The second-order valence-electron chi connectivity index (χ2n) is 8.13. The molecule has 0 radical (unpaired) electrons. The summed E-state index contributed by atoms with van der Waals surface area (Å²) in [7, 11) is 0. The number of unbranched alkanes of at least 4 members (excludes halogenated alkanes) is 6. The quantitative estimate of drug-likeness (QED) is 0.420. The molecule has 1 amide bonds. The van der Waals surface area contributed by atoms with Crippen LogP contribution in [0.4, 0.5) is 13.2 Å². The van der Waals surface area contributed by atoms with Crippen molar-refractivity contribution < 1.29 is 22.7 Å². The van der Waals surface area contributed by atoms with E-state index in [4.69, 9.17) is 4.74 Å². The number of halogens is 3. The van der Waals surface area contributed by atoms with Crippen molar-refractivity contribution in [2.75, 3.05) is 13.2 Å². The van der Waals surface area contributed by atoms with E-state index >= 15 is 0 Å². The molecule has 1 fully saturated rings. The lowest BCUT2D eigenvalue weighted by Crippen LogP contribution is -2.43. The van der Waals surface area contributed by atoms with Crippen LogP contribution >= 0.6 is 0 Å². The molecule has 7 heteroatoms. The Hall–Kier alpha value is -2.28. The van der Waals surface area contributed by atoms with Crippen molar-refractivity contribution in [1.29, 1.82) is 0 Å². The van der Waals surface area contributed by atoms with Crippen LogP contribution in [-0.4, -0.2) is 30.2 Å². The molecule has 0 aromatic heterocycles. The molecule has 1 heterocycles. The highest BCUT2D eigenvalue weighted by Crippen LogP contribution is 2.41. The number of ether oxygens (including phenoxy) is 1. The summed E-state index contributed by atoms with van der Waals surface area (Å²) in [5.74, 6) is 0.0595. The van der Waals surface area contributed by atoms with Gasteiger partial charge in [-0.25, -0.2) is 5.01 Å². The summed E-state index contributed by atoms with van der Waals surface area (Å²) in [4.78, 5) is 11.5. The zero-order chi connectivity index (χ0) is 22.3. The molecule has 1 N–H and O–H groups in total.